The highest BCUT2D eigenvalue weighted by Crippen LogP contribution is 2.36. The molecule has 0 aromatic carbocycles. The van der Waals surface area contributed by atoms with Crippen molar-refractivity contribution in [3.63, 3.8) is 0 Å². The van der Waals surface area contributed by atoms with E-state index in [0.717, 1.165) is 0 Å². The minimum atomic E-state index is -0.285. The van der Waals surface area contributed by atoms with Crippen LogP contribution in [0, 0.1) is 0 Å². The molecule has 0 fully saturated rings. The van der Waals surface area contributed by atoms with E-state index in [-0.39, 0.29) is 11.2 Å². The number of nitrogens with zero attached hydrogens (tertiary/aromatic N) is 2. The van der Waals surface area contributed by atoms with Crippen LogP contribution in [0.25, 0.3) is 0 Å². The van der Waals surface area contributed by atoms with Crippen molar-refractivity contribution in [3.8, 4) is 0 Å². The maximum atomic E-state index is 5.69. The number of hydrogen-bond donors (Lipinski definition) is 1. The third kappa shape index (κ3) is 0.629. The molecule has 0 unspecified atom stereocenters. The Morgan fingerprint density at radius 1 is 1.38 bits per heavy atom. The second kappa shape index (κ2) is 1.10. The Balaban J connectivity index is 2.61. The molecule has 0 saturated carbocycles. The standard InChI is InChI=1S/C5H11N3/c1-4(2,6)5(3)7-8-5/h6H2,1-3H3. The van der Waals surface area contributed by atoms with Crippen LogP contribution in [0.2, 0.25) is 0 Å². The molecule has 8 heavy (non-hydrogen) atoms. The summed E-state index contributed by atoms with van der Waals surface area (Å²) in [5.74, 6) is 0. The smallest absolute Gasteiger partial charge is 0.205 e. The topological polar surface area (TPSA) is 50.7 Å². The van der Waals surface area contributed by atoms with Gasteiger partial charge in [0.2, 0.25) is 5.66 Å². The summed E-state index contributed by atoms with van der Waals surface area (Å²) in [4.78, 5) is 0. The van der Waals surface area contributed by atoms with Crippen LogP contribution in [0.5, 0.6) is 0 Å². The molecule has 3 heteroatoms. The molecular formula is C5H11N3. The highest BCUT2D eigenvalue weighted by atomic mass is 15.5. The largest absolute Gasteiger partial charge is 0.322 e. The first-order valence-electron chi connectivity index (χ1n) is 2.69. The lowest BCUT2D eigenvalue weighted by molar-refractivity contribution is 0.385. The maximum absolute atomic E-state index is 5.69. The molecule has 0 atom stereocenters. The van der Waals surface area contributed by atoms with Crippen LogP contribution in [0.1, 0.15) is 20.8 Å². The van der Waals surface area contributed by atoms with Crippen molar-refractivity contribution in [2.24, 2.45) is 16.0 Å². The second-order valence-corrected chi connectivity index (χ2v) is 2.94. The van der Waals surface area contributed by atoms with Crippen LogP contribution in [0.4, 0.5) is 0 Å². The zero-order chi connectivity index (χ0) is 6.41. The van der Waals surface area contributed by atoms with Crippen molar-refractivity contribution < 1.29 is 0 Å². The van der Waals surface area contributed by atoms with Gasteiger partial charge in [-0.2, -0.15) is 10.2 Å². The summed E-state index contributed by atoms with van der Waals surface area (Å²) in [6.07, 6.45) is 0. The molecule has 0 spiro atoms. The zero-order valence-electron chi connectivity index (χ0n) is 5.47. The first kappa shape index (κ1) is 5.69. The molecule has 0 aliphatic carbocycles. The van der Waals surface area contributed by atoms with Gasteiger partial charge in [0.15, 0.2) is 0 Å². The van der Waals surface area contributed by atoms with Crippen LogP contribution >= 0.6 is 0 Å². The Hall–Kier alpha value is -0.440. The first-order chi connectivity index (χ1) is 3.46. The van der Waals surface area contributed by atoms with Gasteiger partial charge >= 0.3 is 0 Å². The van der Waals surface area contributed by atoms with E-state index >= 15 is 0 Å². The summed E-state index contributed by atoms with van der Waals surface area (Å²) in [5.41, 5.74) is 5.12. The fraction of sp³-hybridized carbons (Fsp3) is 1.00. The van der Waals surface area contributed by atoms with Crippen molar-refractivity contribution >= 4 is 0 Å². The molecule has 1 heterocycles. The van der Waals surface area contributed by atoms with E-state index in [1.807, 2.05) is 20.8 Å². The van der Waals surface area contributed by atoms with Crippen LogP contribution < -0.4 is 5.73 Å². The Morgan fingerprint density at radius 2 is 1.75 bits per heavy atom. The van der Waals surface area contributed by atoms with E-state index < -0.39 is 0 Å². The molecule has 0 amide bonds. The Kier molecular flexibility index (Phi) is 0.785. The van der Waals surface area contributed by atoms with Gasteiger partial charge in [0.25, 0.3) is 0 Å². The molecule has 0 aromatic rings. The van der Waals surface area contributed by atoms with E-state index in [1.54, 1.807) is 0 Å². The van der Waals surface area contributed by atoms with Gasteiger partial charge in [-0.3, -0.25) is 0 Å². The van der Waals surface area contributed by atoms with E-state index in [1.165, 1.54) is 0 Å². The monoisotopic (exact) mass is 113 g/mol. The molecule has 1 aliphatic heterocycles. The number of rotatable bonds is 1. The minimum absolute atomic E-state index is 0.285. The number of hydrogen-bond acceptors (Lipinski definition) is 3. The van der Waals surface area contributed by atoms with Gasteiger partial charge in [-0.15, -0.1) is 0 Å². The Bertz CT molecular complexity index is 122. The SMILES string of the molecule is CC(C)(N)C1(C)N=N1. The van der Waals surface area contributed by atoms with E-state index in [9.17, 15) is 0 Å². The van der Waals surface area contributed by atoms with E-state index in [2.05, 4.69) is 10.2 Å². The van der Waals surface area contributed by atoms with Crippen LogP contribution in [-0.2, 0) is 0 Å². The van der Waals surface area contributed by atoms with E-state index in [0.29, 0.717) is 0 Å². The molecule has 1 aliphatic rings. The molecule has 1 rings (SSSR count). The average Bonchev–Trinajstić information content (AvgIpc) is 2.16. The van der Waals surface area contributed by atoms with Gasteiger partial charge in [0.1, 0.15) is 0 Å². The third-order valence-corrected chi connectivity index (χ3v) is 1.62. The van der Waals surface area contributed by atoms with Crippen LogP contribution in [-0.4, -0.2) is 11.2 Å². The molecule has 0 aromatic heterocycles. The zero-order valence-corrected chi connectivity index (χ0v) is 5.47. The van der Waals surface area contributed by atoms with Gasteiger partial charge in [0.05, 0.1) is 5.54 Å². The normalized spacial score (nSPS) is 23.5. The second-order valence-electron chi connectivity index (χ2n) is 2.94. The molecular weight excluding hydrogens is 102 g/mol. The summed E-state index contributed by atoms with van der Waals surface area (Å²) in [7, 11) is 0. The maximum Gasteiger partial charge on any atom is 0.205 e. The summed E-state index contributed by atoms with van der Waals surface area (Å²) >= 11 is 0. The highest BCUT2D eigenvalue weighted by Gasteiger charge is 2.46. The summed E-state index contributed by atoms with van der Waals surface area (Å²) in [5, 5.41) is 7.61. The molecule has 3 nitrogen and oxygen atoms in total. The highest BCUT2D eigenvalue weighted by molar-refractivity contribution is 5.04. The van der Waals surface area contributed by atoms with Crippen LogP contribution in [0.15, 0.2) is 10.2 Å². The molecule has 0 radical (unpaired) electrons. The Morgan fingerprint density at radius 3 is 1.75 bits per heavy atom. The third-order valence-electron chi connectivity index (χ3n) is 1.62. The predicted molar refractivity (Wildman–Crippen MR) is 31.5 cm³/mol. The summed E-state index contributed by atoms with van der Waals surface area (Å²) < 4.78 is 0. The van der Waals surface area contributed by atoms with E-state index in [4.69, 9.17) is 5.73 Å². The van der Waals surface area contributed by atoms with Crippen molar-refractivity contribution in [3.05, 3.63) is 0 Å². The molecule has 46 valence electrons. The molecule has 0 bridgehead atoms. The van der Waals surface area contributed by atoms with Gasteiger partial charge < -0.3 is 5.73 Å². The predicted octanol–water partition coefficient (Wildman–Crippen LogP) is 0.906. The summed E-state index contributed by atoms with van der Waals surface area (Å²) in [6, 6.07) is 0. The lowest BCUT2D eigenvalue weighted by Gasteiger charge is -2.21. The lowest BCUT2D eigenvalue weighted by atomic mass is 9.94. The quantitative estimate of drug-likeness (QED) is 0.539. The van der Waals surface area contributed by atoms with Gasteiger partial charge in [0, 0.05) is 0 Å². The minimum Gasteiger partial charge on any atom is -0.322 e. The fourth-order valence-electron chi connectivity index (χ4n) is 0.333. The first-order valence-corrected chi connectivity index (χ1v) is 2.69. The van der Waals surface area contributed by atoms with Crippen molar-refractivity contribution in [1.29, 1.82) is 0 Å². The van der Waals surface area contributed by atoms with Crippen molar-refractivity contribution in [2.45, 2.75) is 32.0 Å². The van der Waals surface area contributed by atoms with Crippen molar-refractivity contribution in [2.75, 3.05) is 0 Å². The molecule has 0 saturated heterocycles. The van der Waals surface area contributed by atoms with Crippen LogP contribution in [0.3, 0.4) is 0 Å². The Labute approximate surface area is 49.0 Å². The lowest BCUT2D eigenvalue weighted by Crippen LogP contribution is -2.46. The average molecular weight is 113 g/mol. The van der Waals surface area contributed by atoms with Crippen molar-refractivity contribution in [1.82, 2.24) is 0 Å². The van der Waals surface area contributed by atoms with Gasteiger partial charge in [-0.1, -0.05) is 0 Å². The van der Waals surface area contributed by atoms with Gasteiger partial charge in [-0.05, 0) is 20.8 Å². The summed E-state index contributed by atoms with van der Waals surface area (Å²) in [6.45, 7) is 5.77. The number of nitrogens with two attached hydrogens (primary N) is 1. The molecule has 2 N–H and O–H groups in total. The fourth-order valence-corrected chi connectivity index (χ4v) is 0.333. The van der Waals surface area contributed by atoms with Gasteiger partial charge in [-0.25, -0.2) is 0 Å².